The maximum absolute atomic E-state index is 13.1. The fourth-order valence-electron chi connectivity index (χ4n) is 3.86. The molecule has 0 unspecified atom stereocenters. The molecule has 3 fully saturated rings. The molecule has 15 heteroatoms. The summed E-state index contributed by atoms with van der Waals surface area (Å²) in [7, 11) is 0. The van der Waals surface area contributed by atoms with Crippen molar-refractivity contribution in [2.75, 3.05) is 23.3 Å². The summed E-state index contributed by atoms with van der Waals surface area (Å²) in [5.74, 6) is -2.44. The third-order valence-electron chi connectivity index (χ3n) is 5.57. The molecule has 3 aliphatic heterocycles. The predicted octanol–water partition coefficient (Wildman–Crippen LogP) is 4.52. The van der Waals surface area contributed by atoms with Crippen LogP contribution in [0.4, 0.5) is 33.5 Å². The van der Waals surface area contributed by atoms with Crippen LogP contribution in [0.5, 0.6) is 0 Å². The van der Waals surface area contributed by atoms with Gasteiger partial charge in [-0.2, -0.15) is 13.2 Å². The maximum atomic E-state index is 13.1. The summed E-state index contributed by atoms with van der Waals surface area (Å²) in [5, 5.41) is 17.8. The number of carbonyl (C=O) groups is 2. The minimum atomic E-state index is -5.08. The molecule has 0 aliphatic carbocycles. The van der Waals surface area contributed by atoms with Crippen LogP contribution in [0.15, 0.2) is 22.3 Å². The van der Waals surface area contributed by atoms with E-state index in [1.165, 1.54) is 22.1 Å². The van der Waals surface area contributed by atoms with Gasteiger partial charge in [-0.3, -0.25) is 4.79 Å². The van der Waals surface area contributed by atoms with Crippen molar-refractivity contribution < 1.29 is 36.6 Å². The Labute approximate surface area is 202 Å². The Morgan fingerprint density at radius 3 is 2.54 bits per heavy atom. The lowest BCUT2D eigenvalue weighted by Crippen LogP contribution is -2.61. The van der Waals surface area contributed by atoms with Crippen LogP contribution < -0.4 is 15.5 Å². The number of rotatable bonds is 4. The lowest BCUT2D eigenvalue weighted by Gasteiger charge is -2.46. The highest BCUT2D eigenvalue weighted by molar-refractivity contribution is 7.17. The molecule has 188 valence electrons. The molecule has 2 atom stereocenters. The van der Waals surface area contributed by atoms with Crippen molar-refractivity contribution in [3.8, 4) is 0 Å². The van der Waals surface area contributed by atoms with Crippen molar-refractivity contribution in [1.29, 1.82) is 0 Å². The number of piperidine rings is 2. The maximum Gasteiger partial charge on any atom is 0.490 e. The van der Waals surface area contributed by atoms with E-state index < -0.39 is 24.5 Å². The number of anilines is 2. The Balaban J connectivity index is 0.000000364. The summed E-state index contributed by atoms with van der Waals surface area (Å²) in [6, 6.07) is 0.839. The van der Waals surface area contributed by atoms with Crippen LogP contribution in [0.3, 0.4) is 0 Å². The van der Waals surface area contributed by atoms with Gasteiger partial charge in [0.2, 0.25) is 0 Å². The van der Waals surface area contributed by atoms with E-state index in [1.807, 2.05) is 0 Å². The van der Waals surface area contributed by atoms with Gasteiger partial charge < -0.3 is 20.6 Å². The van der Waals surface area contributed by atoms with Gasteiger partial charge in [0.25, 0.3) is 12.3 Å². The largest absolute Gasteiger partial charge is 0.490 e. The topological polar surface area (TPSA) is 107 Å². The number of aliphatic carboxylic acids is 1. The number of fused-ring (bicyclic) bond motifs is 4. The zero-order valence-corrected chi connectivity index (χ0v) is 19.3. The van der Waals surface area contributed by atoms with E-state index in [2.05, 4.69) is 20.5 Å². The van der Waals surface area contributed by atoms with Crippen LogP contribution in [0, 0.1) is 0 Å². The second-order valence-electron chi connectivity index (χ2n) is 7.82. The first kappa shape index (κ1) is 25.2. The summed E-state index contributed by atoms with van der Waals surface area (Å²) < 4.78 is 57.9. The summed E-state index contributed by atoms with van der Waals surface area (Å²) in [6.07, 6.45) is -3.68. The average molecular weight is 536 g/mol. The van der Waals surface area contributed by atoms with Gasteiger partial charge in [0.05, 0.1) is 23.0 Å². The van der Waals surface area contributed by atoms with Crippen molar-refractivity contribution in [2.24, 2.45) is 0 Å². The average Bonchev–Trinajstić information content (AvgIpc) is 3.46. The Morgan fingerprint density at radius 2 is 1.97 bits per heavy atom. The van der Waals surface area contributed by atoms with Crippen molar-refractivity contribution in [3.63, 3.8) is 0 Å². The number of piperazine rings is 1. The van der Waals surface area contributed by atoms with Crippen molar-refractivity contribution in [1.82, 2.24) is 15.3 Å². The second kappa shape index (κ2) is 9.99. The van der Waals surface area contributed by atoms with Gasteiger partial charge in [-0.15, -0.1) is 22.7 Å². The quantitative estimate of drug-likeness (QED) is 0.422. The second-order valence-corrected chi connectivity index (χ2v) is 9.42. The molecule has 6 rings (SSSR count). The lowest BCUT2D eigenvalue weighted by atomic mass is 9.93. The fourth-order valence-corrected chi connectivity index (χ4v) is 5.46. The van der Waals surface area contributed by atoms with Crippen LogP contribution >= 0.6 is 22.7 Å². The molecular formula is C20H18F5N5O3S2. The summed E-state index contributed by atoms with van der Waals surface area (Å²) in [4.78, 5) is 33.8. The summed E-state index contributed by atoms with van der Waals surface area (Å²) in [5.41, 5.74) is 0.860. The number of hydrogen-bond acceptors (Lipinski definition) is 8. The van der Waals surface area contributed by atoms with E-state index in [4.69, 9.17) is 14.9 Å². The third kappa shape index (κ3) is 5.51. The summed E-state index contributed by atoms with van der Waals surface area (Å²) in [6.45, 7) is 1.80. The first-order valence-electron chi connectivity index (χ1n) is 10.2. The first-order valence-corrected chi connectivity index (χ1v) is 12.1. The Bertz CT molecular complexity index is 1220. The minimum Gasteiger partial charge on any atom is -0.475 e. The van der Waals surface area contributed by atoms with Crippen LogP contribution in [0.2, 0.25) is 0 Å². The zero-order valence-electron chi connectivity index (χ0n) is 17.7. The zero-order chi connectivity index (χ0) is 25.3. The number of aromatic nitrogens is 2. The number of carbonyl (C=O) groups excluding carboxylic acids is 1. The molecular weight excluding hydrogens is 517 g/mol. The highest BCUT2D eigenvalue weighted by atomic mass is 32.1. The van der Waals surface area contributed by atoms with E-state index in [0.29, 0.717) is 28.0 Å². The number of nitrogens with zero attached hydrogens (tertiary/aromatic N) is 3. The van der Waals surface area contributed by atoms with Gasteiger partial charge in [0, 0.05) is 41.3 Å². The molecule has 3 aromatic rings. The molecule has 2 bridgehead atoms. The predicted molar refractivity (Wildman–Crippen MR) is 120 cm³/mol. The number of carboxylic acid groups (broad SMARTS) is 1. The molecule has 0 aromatic carbocycles. The molecule has 8 nitrogen and oxygen atoms in total. The van der Waals surface area contributed by atoms with E-state index in [0.717, 1.165) is 43.1 Å². The van der Waals surface area contributed by atoms with Crippen LogP contribution in [-0.2, 0) is 4.79 Å². The van der Waals surface area contributed by atoms with Crippen LogP contribution in [0.1, 0.15) is 35.2 Å². The van der Waals surface area contributed by atoms with E-state index in [-0.39, 0.29) is 11.3 Å². The Hall–Kier alpha value is -2.91. The first-order chi connectivity index (χ1) is 16.5. The van der Waals surface area contributed by atoms with Crippen LogP contribution in [-0.4, -0.2) is 58.3 Å². The minimum absolute atomic E-state index is 0.146. The number of hydrogen-bond donors (Lipinski definition) is 3. The molecule has 0 saturated carbocycles. The highest BCUT2D eigenvalue weighted by Crippen LogP contribution is 2.33. The highest BCUT2D eigenvalue weighted by Gasteiger charge is 2.38. The third-order valence-corrected chi connectivity index (χ3v) is 7.21. The smallest absolute Gasteiger partial charge is 0.475 e. The number of alkyl halides is 5. The van der Waals surface area contributed by atoms with Crippen molar-refractivity contribution in [2.45, 2.75) is 37.5 Å². The van der Waals surface area contributed by atoms with Gasteiger partial charge in [0.15, 0.2) is 0 Å². The fraction of sp³-hybridized carbons (Fsp3) is 0.400. The molecule has 35 heavy (non-hydrogen) atoms. The number of halogens is 5. The molecule has 3 N–H and O–H groups in total. The molecule has 3 aromatic heterocycles. The summed E-state index contributed by atoms with van der Waals surface area (Å²) >= 11 is 2.46. The van der Waals surface area contributed by atoms with Gasteiger partial charge in [-0.05, 0) is 12.8 Å². The molecule has 6 heterocycles. The van der Waals surface area contributed by atoms with Crippen molar-refractivity contribution >= 4 is 56.4 Å². The van der Waals surface area contributed by atoms with E-state index >= 15 is 0 Å². The Kier molecular flexibility index (Phi) is 7.19. The molecule has 3 aliphatic rings. The van der Waals surface area contributed by atoms with E-state index in [9.17, 15) is 26.7 Å². The SMILES string of the molecule is O=C(Nc1cscc1C(F)F)c1csc2ncc(N3C[C@H]4CC[C@@H]3CN4)nc12.O=C(O)C(F)(F)F. The van der Waals surface area contributed by atoms with Crippen LogP contribution in [0.25, 0.3) is 10.3 Å². The molecule has 3 saturated heterocycles. The van der Waals surface area contributed by atoms with Crippen molar-refractivity contribution in [3.05, 3.63) is 33.5 Å². The van der Waals surface area contributed by atoms with Gasteiger partial charge >= 0.3 is 12.1 Å². The normalized spacial score (nSPS) is 19.5. The Morgan fingerprint density at radius 1 is 1.23 bits per heavy atom. The van der Waals surface area contributed by atoms with E-state index in [1.54, 1.807) is 11.6 Å². The monoisotopic (exact) mass is 535 g/mol. The molecule has 0 spiro atoms. The van der Waals surface area contributed by atoms with Gasteiger partial charge in [-0.1, -0.05) is 0 Å². The molecule has 1 amide bonds. The number of amides is 1. The number of carboxylic acids is 1. The van der Waals surface area contributed by atoms with Gasteiger partial charge in [0.1, 0.15) is 16.2 Å². The standard InChI is InChI=1S/C18H17F2N5OS2.C2HF3O2/c19-16(20)11-6-27-8-13(11)23-17(26)12-7-28-18-15(12)24-14(4-22-18)25-5-9-1-2-10(25)3-21-9;3-2(4,5)1(6)7/h4,6-10,16,21H,1-3,5H2,(H,23,26);(H,6,7)/t9-,10-;/m1./s1. The molecule has 0 radical (unpaired) electrons. The van der Waals surface area contributed by atoms with Gasteiger partial charge in [-0.25, -0.2) is 23.5 Å². The number of nitrogens with one attached hydrogen (secondary N) is 2. The number of thiophene rings is 2. The lowest BCUT2D eigenvalue weighted by molar-refractivity contribution is -0.192.